The topological polar surface area (TPSA) is 163 Å². The van der Waals surface area contributed by atoms with Gasteiger partial charge < -0.3 is 24.8 Å². The summed E-state index contributed by atoms with van der Waals surface area (Å²) in [5.74, 6) is -0.237. The molecule has 0 radical (unpaired) electrons. The minimum atomic E-state index is -1.76. The number of aliphatic hydroxyl groups excluding tert-OH is 2. The molecular formula is C19H21N5O7. The fraction of sp³-hybridized carbons (Fsp3) is 0.368. The molecule has 1 fully saturated rings. The molecule has 4 N–H and O–H groups in total. The summed E-state index contributed by atoms with van der Waals surface area (Å²) >= 11 is 0. The molecule has 12 heteroatoms. The van der Waals surface area contributed by atoms with Crippen molar-refractivity contribution in [2.75, 3.05) is 11.7 Å². The highest BCUT2D eigenvalue weighted by Crippen LogP contribution is 2.39. The second-order valence-electron chi connectivity index (χ2n) is 7.25. The fourth-order valence-electron chi connectivity index (χ4n) is 3.42. The summed E-state index contributed by atoms with van der Waals surface area (Å²) in [7, 11) is 0. The molecule has 3 heterocycles. The molecule has 0 aliphatic carbocycles. The minimum Gasteiger partial charge on any atom is -0.443 e. The van der Waals surface area contributed by atoms with Crippen LogP contribution >= 0.6 is 0 Å². The number of benzene rings is 1. The molecule has 3 aromatic rings. The fourth-order valence-corrected chi connectivity index (χ4v) is 3.42. The van der Waals surface area contributed by atoms with Gasteiger partial charge in [-0.3, -0.25) is 9.77 Å². The van der Waals surface area contributed by atoms with E-state index in [2.05, 4.69) is 15.0 Å². The lowest BCUT2D eigenvalue weighted by atomic mass is 9.96. The summed E-state index contributed by atoms with van der Waals surface area (Å²) in [4.78, 5) is 24.4. The van der Waals surface area contributed by atoms with Crippen molar-refractivity contribution in [2.45, 2.75) is 37.6 Å². The number of hydrogen-bond donors (Lipinski definition) is 4. The van der Waals surface area contributed by atoms with Gasteiger partial charge in [-0.2, -0.15) is 0 Å². The molecule has 1 aromatic carbocycles. The molecule has 1 aliphatic rings. The van der Waals surface area contributed by atoms with E-state index in [1.807, 2.05) is 6.07 Å². The molecule has 2 aromatic heterocycles. The van der Waals surface area contributed by atoms with Crippen LogP contribution in [0, 0.1) is 0 Å². The van der Waals surface area contributed by atoms with E-state index >= 15 is 0 Å². The number of amides is 1. The summed E-state index contributed by atoms with van der Waals surface area (Å²) in [6, 6.07) is 8.94. The van der Waals surface area contributed by atoms with Gasteiger partial charge in [-0.25, -0.2) is 19.7 Å². The monoisotopic (exact) mass is 431 g/mol. The van der Waals surface area contributed by atoms with Gasteiger partial charge in [0.1, 0.15) is 30.7 Å². The number of ether oxygens (including phenoxy) is 2. The third kappa shape index (κ3) is 3.71. The summed E-state index contributed by atoms with van der Waals surface area (Å²) in [6.07, 6.45) is -2.22. The maximum atomic E-state index is 12.3. The second kappa shape index (κ2) is 8.17. The maximum Gasteiger partial charge on any atom is 0.440 e. The van der Waals surface area contributed by atoms with E-state index in [-0.39, 0.29) is 28.7 Å². The van der Waals surface area contributed by atoms with Gasteiger partial charge in [0.2, 0.25) is 0 Å². The van der Waals surface area contributed by atoms with Crippen molar-refractivity contribution >= 4 is 23.1 Å². The number of carbonyl (C=O) groups excluding carboxylic acids is 1. The zero-order chi connectivity index (χ0) is 22.2. The van der Waals surface area contributed by atoms with E-state index in [4.69, 9.17) is 9.47 Å². The minimum absolute atomic E-state index is 0.0306. The van der Waals surface area contributed by atoms with Crippen molar-refractivity contribution in [3.63, 3.8) is 0 Å². The standard InChI is InChI=1S/C19H21N5O7/c1-19(28)14(26)12(7-25)31-17(19)23-10-22-13-15(23)20-9-21-16(13)24(29)18(27)30-8-11-5-3-2-4-6-11/h2-6,9-10,12,14,17,25-26,28-29H,7-8H2,1H3/t12-,14-,17?,19-/m1/s1. The molecule has 1 amide bonds. The van der Waals surface area contributed by atoms with Crippen molar-refractivity contribution in [3.05, 3.63) is 48.5 Å². The Balaban J connectivity index is 1.59. The van der Waals surface area contributed by atoms with Crippen LogP contribution in [0.5, 0.6) is 0 Å². The quantitative estimate of drug-likeness (QED) is 0.328. The SMILES string of the molecule is C[C@]1(O)C(n2cnc3c(N(O)C(=O)OCc4ccccc4)ncnc32)O[C@H](CO)[C@H]1O. The van der Waals surface area contributed by atoms with Crippen LogP contribution in [0.4, 0.5) is 10.6 Å². The maximum absolute atomic E-state index is 12.3. The number of aliphatic hydroxyl groups is 3. The van der Waals surface area contributed by atoms with E-state index in [0.717, 1.165) is 11.9 Å². The van der Waals surface area contributed by atoms with E-state index in [1.54, 1.807) is 24.3 Å². The number of aromatic nitrogens is 4. The predicted molar refractivity (Wildman–Crippen MR) is 104 cm³/mol. The summed E-state index contributed by atoms with van der Waals surface area (Å²) in [5.41, 5.74) is -0.877. The Morgan fingerprint density at radius 1 is 1.29 bits per heavy atom. The summed E-state index contributed by atoms with van der Waals surface area (Å²) < 4.78 is 12.0. The van der Waals surface area contributed by atoms with Crippen LogP contribution in [0.1, 0.15) is 18.7 Å². The Labute approximate surface area is 175 Å². The molecule has 0 bridgehead atoms. The number of carbonyl (C=O) groups is 1. The van der Waals surface area contributed by atoms with Gasteiger partial charge in [0, 0.05) is 0 Å². The molecule has 1 aliphatic heterocycles. The van der Waals surface area contributed by atoms with Gasteiger partial charge in [0.15, 0.2) is 23.2 Å². The molecule has 31 heavy (non-hydrogen) atoms. The molecule has 4 atom stereocenters. The Kier molecular flexibility index (Phi) is 5.56. The Bertz CT molecular complexity index is 1070. The summed E-state index contributed by atoms with van der Waals surface area (Å²) in [5, 5.41) is 40.8. The molecule has 164 valence electrons. The normalized spacial score (nSPS) is 25.6. The van der Waals surface area contributed by atoms with Gasteiger partial charge >= 0.3 is 6.09 Å². The van der Waals surface area contributed by atoms with Crippen molar-refractivity contribution in [1.29, 1.82) is 0 Å². The van der Waals surface area contributed by atoms with Crippen molar-refractivity contribution in [2.24, 2.45) is 0 Å². The Morgan fingerprint density at radius 2 is 2.03 bits per heavy atom. The Hall–Kier alpha value is -3.16. The first kappa shape index (κ1) is 21.1. The van der Waals surface area contributed by atoms with Crippen LogP contribution in [0.15, 0.2) is 43.0 Å². The van der Waals surface area contributed by atoms with Gasteiger partial charge in [0.25, 0.3) is 0 Å². The van der Waals surface area contributed by atoms with Gasteiger partial charge in [-0.1, -0.05) is 30.3 Å². The van der Waals surface area contributed by atoms with E-state index in [9.17, 15) is 25.3 Å². The third-order valence-corrected chi connectivity index (χ3v) is 5.11. The predicted octanol–water partition coefficient (Wildman–Crippen LogP) is 0.360. The highest BCUT2D eigenvalue weighted by molar-refractivity contribution is 5.93. The van der Waals surface area contributed by atoms with E-state index < -0.39 is 36.7 Å². The van der Waals surface area contributed by atoms with E-state index in [0.29, 0.717) is 0 Å². The number of anilines is 1. The van der Waals surface area contributed by atoms with Crippen LogP contribution in [-0.4, -0.2) is 70.6 Å². The highest BCUT2D eigenvalue weighted by Gasteiger charge is 2.53. The molecule has 12 nitrogen and oxygen atoms in total. The van der Waals surface area contributed by atoms with Gasteiger partial charge in [-0.15, -0.1) is 5.06 Å². The number of imidazole rings is 1. The number of nitrogens with zero attached hydrogens (tertiary/aromatic N) is 5. The second-order valence-corrected chi connectivity index (χ2v) is 7.25. The molecular weight excluding hydrogens is 410 g/mol. The van der Waals surface area contributed by atoms with Gasteiger partial charge in [0.05, 0.1) is 12.9 Å². The number of hydroxylamine groups is 1. The van der Waals surface area contributed by atoms with Crippen molar-refractivity contribution in [1.82, 2.24) is 19.5 Å². The van der Waals surface area contributed by atoms with Crippen LogP contribution < -0.4 is 5.06 Å². The van der Waals surface area contributed by atoms with Crippen LogP contribution in [0.3, 0.4) is 0 Å². The molecule has 1 saturated heterocycles. The van der Waals surface area contributed by atoms with Crippen molar-refractivity contribution in [3.8, 4) is 0 Å². The van der Waals surface area contributed by atoms with Crippen LogP contribution in [0.25, 0.3) is 11.2 Å². The highest BCUT2D eigenvalue weighted by atomic mass is 16.6. The van der Waals surface area contributed by atoms with Crippen LogP contribution in [-0.2, 0) is 16.1 Å². The zero-order valence-corrected chi connectivity index (χ0v) is 16.4. The first-order valence-corrected chi connectivity index (χ1v) is 9.38. The smallest absolute Gasteiger partial charge is 0.440 e. The third-order valence-electron chi connectivity index (χ3n) is 5.11. The molecule has 4 rings (SSSR count). The first-order valence-electron chi connectivity index (χ1n) is 9.38. The van der Waals surface area contributed by atoms with Gasteiger partial charge in [-0.05, 0) is 12.5 Å². The van der Waals surface area contributed by atoms with E-state index in [1.165, 1.54) is 17.8 Å². The lowest BCUT2D eigenvalue weighted by molar-refractivity contribution is -0.0950. The molecule has 0 spiro atoms. The lowest BCUT2D eigenvalue weighted by Crippen LogP contribution is -2.44. The molecule has 1 unspecified atom stereocenters. The first-order chi connectivity index (χ1) is 14.8. The zero-order valence-electron chi connectivity index (χ0n) is 16.4. The largest absolute Gasteiger partial charge is 0.443 e. The summed E-state index contributed by atoms with van der Waals surface area (Å²) in [6.45, 7) is 0.794. The molecule has 0 saturated carbocycles. The van der Waals surface area contributed by atoms with Crippen molar-refractivity contribution < 1.29 is 34.8 Å². The average molecular weight is 431 g/mol. The Morgan fingerprint density at radius 3 is 2.71 bits per heavy atom. The lowest BCUT2D eigenvalue weighted by Gasteiger charge is -2.27. The number of hydrogen-bond acceptors (Lipinski definition) is 10. The average Bonchev–Trinajstić information content (AvgIpc) is 3.30. The van der Waals surface area contributed by atoms with Crippen LogP contribution in [0.2, 0.25) is 0 Å². The number of fused-ring (bicyclic) bond motifs is 1. The number of rotatable bonds is 5.